The zero-order chi connectivity index (χ0) is 46.8. The summed E-state index contributed by atoms with van der Waals surface area (Å²) in [6.07, 6.45) is -7.36. The summed E-state index contributed by atoms with van der Waals surface area (Å²) in [7, 11) is -12.2. The number of aliphatic carboxylic acids is 2. The molecule has 4 fully saturated rings. The van der Waals surface area contributed by atoms with E-state index in [-0.39, 0.29) is 75.1 Å². The van der Waals surface area contributed by atoms with Gasteiger partial charge in [-0.2, -0.15) is 25.3 Å². The van der Waals surface area contributed by atoms with E-state index in [1.807, 2.05) is 13.8 Å². The van der Waals surface area contributed by atoms with Gasteiger partial charge in [0, 0.05) is 62.6 Å². The van der Waals surface area contributed by atoms with Gasteiger partial charge in [-0.05, 0) is 32.1 Å². The predicted molar refractivity (Wildman–Crippen MR) is 202 cm³/mol. The molecule has 0 bridgehead atoms. The summed E-state index contributed by atoms with van der Waals surface area (Å²) in [5.41, 5.74) is 0. The molecular weight excluding hydrogens is 1120 g/mol. The van der Waals surface area contributed by atoms with E-state index in [2.05, 4.69) is 12.5 Å². The van der Waals surface area contributed by atoms with Crippen LogP contribution in [0.15, 0.2) is 0 Å². The van der Waals surface area contributed by atoms with Crippen molar-refractivity contribution in [3.05, 3.63) is 0 Å². The van der Waals surface area contributed by atoms with Crippen LogP contribution in [-0.4, -0.2) is 188 Å². The molecule has 0 spiro atoms. The normalized spacial score (nSPS) is 34.1. The third kappa shape index (κ3) is 23.8. The summed E-state index contributed by atoms with van der Waals surface area (Å²) in [5, 5.41) is 65.3. The molecular formula is C32H62O25S3U. The first-order chi connectivity index (χ1) is 27.6. The zero-order valence-corrected chi connectivity index (χ0v) is 41.1. The number of hydrogen-bond acceptors (Lipinski definition) is 20. The Morgan fingerprint density at radius 3 is 1.41 bits per heavy atom. The van der Waals surface area contributed by atoms with Gasteiger partial charge in [-0.25, -0.2) is 17.3 Å². The Labute approximate surface area is 379 Å². The maximum Gasteiger partial charge on any atom is 0.397 e. The Kier molecular flexibility index (Phi) is 30.4. The van der Waals surface area contributed by atoms with Crippen LogP contribution >= 0.6 is 0 Å². The van der Waals surface area contributed by atoms with Crippen LogP contribution in [0, 0.1) is 54.8 Å². The van der Waals surface area contributed by atoms with Crippen LogP contribution in [0.2, 0.25) is 0 Å². The number of carbonyl (C=O) groups is 2. The molecule has 14 unspecified atom stereocenters. The van der Waals surface area contributed by atoms with Gasteiger partial charge in [0.15, 0.2) is 6.10 Å². The molecule has 61 heavy (non-hydrogen) atoms. The minimum atomic E-state index is -4.63. The average molecular weight is 1180 g/mol. The number of ether oxygens (including phenoxy) is 4. The van der Waals surface area contributed by atoms with Crippen molar-refractivity contribution >= 4 is 43.1 Å². The Hall–Kier alpha value is -0.758. The van der Waals surface area contributed by atoms with E-state index in [9.17, 15) is 60.4 Å². The summed E-state index contributed by atoms with van der Waals surface area (Å²) in [4.78, 5) is 21.5. The molecule has 14 atom stereocenters. The molecule has 4 rings (SSSR count). The molecule has 3 saturated heterocycles. The number of carboxylic acids is 2. The van der Waals surface area contributed by atoms with Crippen molar-refractivity contribution in [2.75, 3.05) is 40.1 Å². The topological polar surface area (TPSA) is 403 Å². The monoisotopic (exact) mass is 1180 g/mol. The molecule has 0 amide bonds. The Morgan fingerprint density at radius 2 is 1.08 bits per heavy atom. The van der Waals surface area contributed by atoms with Crippen molar-refractivity contribution in [3.63, 3.8) is 0 Å². The number of aliphatic hydroxyl groups excluding tert-OH is 5. The first-order valence-electron chi connectivity index (χ1n) is 18.8. The Balaban J connectivity index is 0. The predicted octanol–water partition coefficient (Wildman–Crippen LogP) is -1.53. The molecule has 1 aliphatic carbocycles. The molecule has 0 radical (unpaired) electrons. The quantitative estimate of drug-likeness (QED) is 0.0991. The molecule has 29 heteroatoms. The van der Waals surface area contributed by atoms with Gasteiger partial charge < -0.3 is 54.7 Å². The number of methoxy groups -OCH3 is 1. The summed E-state index contributed by atoms with van der Waals surface area (Å²) in [6, 6.07) is 0. The van der Waals surface area contributed by atoms with Gasteiger partial charge in [-0.3, -0.25) is 18.5 Å². The molecule has 362 valence electrons. The van der Waals surface area contributed by atoms with E-state index in [0.717, 1.165) is 12.8 Å². The van der Waals surface area contributed by atoms with Crippen molar-refractivity contribution in [3.8, 4) is 0 Å². The second-order valence-corrected chi connectivity index (χ2v) is 17.0. The van der Waals surface area contributed by atoms with Gasteiger partial charge in [-0.1, -0.05) is 34.6 Å². The molecule has 10 N–H and O–H groups in total. The number of rotatable bonds is 12. The first kappa shape index (κ1) is 62.3. The van der Waals surface area contributed by atoms with Gasteiger partial charge in [0.1, 0.15) is 30.5 Å². The van der Waals surface area contributed by atoms with Crippen molar-refractivity contribution in [1.82, 2.24) is 0 Å². The van der Waals surface area contributed by atoms with Crippen molar-refractivity contribution in [2.24, 2.45) is 23.7 Å². The van der Waals surface area contributed by atoms with Crippen LogP contribution in [0.4, 0.5) is 0 Å². The van der Waals surface area contributed by atoms with Crippen molar-refractivity contribution in [2.45, 2.75) is 128 Å². The second kappa shape index (κ2) is 29.7. The van der Waals surface area contributed by atoms with Gasteiger partial charge in [-0.15, -0.1) is 0 Å². The van der Waals surface area contributed by atoms with Gasteiger partial charge >= 0.3 is 43.1 Å². The Bertz CT molecular complexity index is 1520. The van der Waals surface area contributed by atoms with Crippen LogP contribution in [0.5, 0.6) is 0 Å². The largest absolute Gasteiger partial charge is 0.481 e. The maximum atomic E-state index is 10.9. The van der Waals surface area contributed by atoms with E-state index < -0.39 is 123 Å². The van der Waals surface area contributed by atoms with Crippen LogP contribution in [-0.2, 0) is 72.3 Å². The molecule has 0 aromatic rings. The number of hydrogen-bond donors (Lipinski definition) is 10. The molecule has 3 aliphatic heterocycles. The average Bonchev–Trinajstić information content (AvgIpc) is 3.16. The summed E-state index contributed by atoms with van der Waals surface area (Å²) in [5.74, 6) is -3.70. The van der Waals surface area contributed by atoms with E-state index in [0.29, 0.717) is 13.0 Å². The van der Waals surface area contributed by atoms with E-state index in [1.165, 1.54) is 7.11 Å². The summed E-state index contributed by atoms with van der Waals surface area (Å²) in [6.45, 7) is 8.95. The number of aliphatic hydroxyl groups is 5. The Morgan fingerprint density at radius 1 is 0.639 bits per heavy atom. The summed E-state index contributed by atoms with van der Waals surface area (Å²) < 4.78 is 120. The van der Waals surface area contributed by atoms with Gasteiger partial charge in [0.25, 0.3) is 0 Å². The molecule has 1 saturated carbocycles. The molecule has 0 aromatic heterocycles. The van der Waals surface area contributed by atoms with Crippen LogP contribution in [0.25, 0.3) is 0 Å². The fraction of sp³-hybridized carbons (Fsp3) is 0.938. The van der Waals surface area contributed by atoms with Crippen molar-refractivity contribution in [1.29, 1.82) is 0 Å². The minimum absolute atomic E-state index is 0. The summed E-state index contributed by atoms with van der Waals surface area (Å²) >= 11 is 0. The van der Waals surface area contributed by atoms with Gasteiger partial charge in [0.05, 0.1) is 56.8 Å². The molecule has 4 aliphatic rings. The smallest absolute Gasteiger partial charge is 0.397 e. The molecule has 0 aromatic carbocycles. The van der Waals surface area contributed by atoms with E-state index >= 15 is 0 Å². The van der Waals surface area contributed by atoms with Crippen molar-refractivity contribution < 1.29 is 147 Å². The van der Waals surface area contributed by atoms with Gasteiger partial charge in [0.2, 0.25) is 0 Å². The zero-order valence-electron chi connectivity index (χ0n) is 34.5. The second-order valence-electron chi connectivity index (χ2n) is 13.8. The van der Waals surface area contributed by atoms with Crippen LogP contribution in [0.3, 0.4) is 0 Å². The first-order valence-corrected chi connectivity index (χ1v) is 22.9. The van der Waals surface area contributed by atoms with Crippen LogP contribution < -0.4 is 0 Å². The van der Waals surface area contributed by atoms with E-state index in [1.54, 1.807) is 20.8 Å². The minimum Gasteiger partial charge on any atom is -0.481 e. The third-order valence-electron chi connectivity index (χ3n) is 9.48. The maximum absolute atomic E-state index is 10.9. The third-order valence-corrected chi connectivity index (χ3v) is 10.8. The standard InChI is InChI=1S/C9H16O7S.2C7H14O7S.C7H12O4.C2H6.U/c1-2-5-6(9(11)12)3-4-7(8(5)10)16-17(13,14)15;2*1-4-2-13-5(7(9)6(4)8)3-14-15(10,11)12;1-10-5-3-2-4-11-6(5)7(8)9;1-2;/h5-8,10H,2-4H2,1H3,(H,11,12)(H,13,14,15);2*4-9H,2-3H2,1H3,(H,10,11,12);5-6H,2-4H2,1H3,(H,8,9);1-2H3;. The SMILES string of the molecule is CC.CC1COC(COS(=O)(=O)O)C(O)C1O.CC1COC(COS(=O)(=O)O)C(O)C1O.CCC1C(C(=O)O)CCC(OS(=O)(=O)O)C1O.COC1CCCOC1C(=O)O.[U]. The molecule has 3 heterocycles. The fourth-order valence-corrected chi connectivity index (χ4v) is 7.35. The number of carboxylic acid groups (broad SMARTS) is 2. The fourth-order valence-electron chi connectivity index (χ4n) is 6.22. The van der Waals surface area contributed by atoms with E-state index in [4.69, 9.17) is 42.8 Å². The molecule has 25 nitrogen and oxygen atoms in total. The van der Waals surface area contributed by atoms with Crippen LogP contribution in [0.1, 0.15) is 66.7 Å².